The van der Waals surface area contributed by atoms with Gasteiger partial charge >= 0.3 is 0 Å². The van der Waals surface area contributed by atoms with E-state index in [9.17, 15) is 10.5 Å². The van der Waals surface area contributed by atoms with E-state index in [2.05, 4.69) is 143 Å². The fourth-order valence-electron chi connectivity index (χ4n) is 8.21. The normalized spacial score (nSPS) is 12.0. The molecule has 0 amide bonds. The van der Waals surface area contributed by atoms with Crippen molar-refractivity contribution in [1.82, 2.24) is 9.13 Å². The van der Waals surface area contributed by atoms with E-state index in [1.165, 1.54) is 35.0 Å². The number of hydrogen-bond acceptors (Lipinski definition) is 4. The Morgan fingerprint density at radius 3 is 1.48 bits per heavy atom. The lowest BCUT2D eigenvalue weighted by atomic mass is 10.0. The van der Waals surface area contributed by atoms with Crippen LogP contribution >= 0.6 is 22.7 Å². The predicted octanol–water partition coefficient (Wildman–Crippen LogP) is 12.4. The first kappa shape index (κ1) is 27.5. The number of nitrogens with zero attached hydrogens (tertiary/aromatic N) is 4. The number of thiophene rings is 2. The number of nitriles is 2. The first-order valence-electron chi connectivity index (χ1n) is 16.4. The molecule has 4 nitrogen and oxygen atoms in total. The van der Waals surface area contributed by atoms with Crippen LogP contribution in [0, 0.1) is 22.7 Å². The van der Waals surface area contributed by atoms with Crippen LogP contribution in [0.15, 0.2) is 133 Å². The Morgan fingerprint density at radius 1 is 0.420 bits per heavy atom. The molecule has 0 bridgehead atoms. The summed E-state index contributed by atoms with van der Waals surface area (Å²) >= 11 is 3.58. The lowest BCUT2D eigenvalue weighted by molar-refractivity contribution is 1.09. The van der Waals surface area contributed by atoms with Crippen LogP contribution in [0.3, 0.4) is 0 Å². The van der Waals surface area contributed by atoms with Crippen molar-refractivity contribution in [3.05, 3.63) is 145 Å². The zero-order chi connectivity index (χ0) is 33.1. The summed E-state index contributed by atoms with van der Waals surface area (Å²) in [5.41, 5.74) is 6.46. The monoisotopic (exact) mass is 670 g/mol. The summed E-state index contributed by atoms with van der Waals surface area (Å²) in [4.78, 5) is 0. The van der Waals surface area contributed by atoms with E-state index in [1.807, 2.05) is 12.1 Å². The molecule has 11 aromatic rings. The van der Waals surface area contributed by atoms with E-state index in [0.29, 0.717) is 16.8 Å². The highest BCUT2D eigenvalue weighted by molar-refractivity contribution is 7.26. The largest absolute Gasteiger partial charge is 0.306 e. The Morgan fingerprint density at radius 2 is 0.920 bits per heavy atom. The van der Waals surface area contributed by atoms with Crippen molar-refractivity contribution < 1.29 is 0 Å². The molecule has 230 valence electrons. The number of aromatic nitrogens is 2. The van der Waals surface area contributed by atoms with Crippen LogP contribution in [0.1, 0.15) is 11.1 Å². The lowest BCUT2D eigenvalue weighted by Gasteiger charge is -2.19. The highest BCUT2D eigenvalue weighted by Gasteiger charge is 2.26. The molecule has 0 aliphatic rings. The van der Waals surface area contributed by atoms with Gasteiger partial charge in [-0.05, 0) is 48.5 Å². The molecule has 0 saturated carbocycles. The summed E-state index contributed by atoms with van der Waals surface area (Å²) in [7, 11) is 0. The topological polar surface area (TPSA) is 57.4 Å². The summed E-state index contributed by atoms with van der Waals surface area (Å²) in [5.74, 6) is 0. The van der Waals surface area contributed by atoms with Gasteiger partial charge in [-0.15, -0.1) is 22.7 Å². The van der Waals surface area contributed by atoms with Gasteiger partial charge in [-0.2, -0.15) is 10.5 Å². The minimum absolute atomic E-state index is 0.353. The molecule has 50 heavy (non-hydrogen) atoms. The van der Waals surface area contributed by atoms with Crippen molar-refractivity contribution >= 4 is 107 Å². The Hall–Kier alpha value is -6.44. The van der Waals surface area contributed by atoms with Gasteiger partial charge in [-0.1, -0.05) is 84.9 Å². The molecule has 7 aromatic carbocycles. The molecule has 0 atom stereocenters. The zero-order valence-corrected chi connectivity index (χ0v) is 27.9. The third-order valence-corrected chi connectivity index (χ3v) is 12.5. The maximum Gasteiger partial charge on any atom is 0.103 e. The van der Waals surface area contributed by atoms with Crippen LogP contribution in [0.4, 0.5) is 0 Å². The first-order chi connectivity index (χ1) is 24.7. The SMILES string of the molecule is N#Cc1ccc(-n2c3ccccc3c3ccc4sc5ccccc5c4c32)c(-n2c3ccccc3c3ccc4sc5ccccc5c4c32)c1C#N. The van der Waals surface area contributed by atoms with Gasteiger partial charge in [0.05, 0.1) is 44.6 Å². The van der Waals surface area contributed by atoms with Gasteiger partial charge in [-0.25, -0.2) is 0 Å². The molecule has 0 aliphatic carbocycles. The minimum atomic E-state index is 0.353. The molecule has 0 radical (unpaired) electrons. The van der Waals surface area contributed by atoms with Crippen molar-refractivity contribution in [3.63, 3.8) is 0 Å². The van der Waals surface area contributed by atoms with Gasteiger partial charge in [0.2, 0.25) is 0 Å². The average molecular weight is 671 g/mol. The molecule has 0 unspecified atom stereocenters. The molecule has 11 rings (SSSR count). The fourth-order valence-corrected chi connectivity index (χ4v) is 10.4. The number of benzene rings is 7. The Kier molecular flexibility index (Phi) is 5.52. The van der Waals surface area contributed by atoms with Crippen molar-refractivity contribution in [3.8, 4) is 23.5 Å². The van der Waals surface area contributed by atoms with Crippen LogP contribution < -0.4 is 0 Å². The van der Waals surface area contributed by atoms with Gasteiger partial charge < -0.3 is 9.13 Å². The highest BCUT2D eigenvalue weighted by Crippen LogP contribution is 2.47. The zero-order valence-electron chi connectivity index (χ0n) is 26.3. The Labute approximate surface area is 293 Å². The molecule has 0 spiro atoms. The van der Waals surface area contributed by atoms with E-state index in [1.54, 1.807) is 22.7 Å². The third-order valence-electron chi connectivity index (χ3n) is 10.2. The van der Waals surface area contributed by atoms with E-state index >= 15 is 0 Å². The molecule has 4 heterocycles. The maximum absolute atomic E-state index is 11.0. The molecule has 0 aliphatic heterocycles. The molecule has 0 N–H and O–H groups in total. The van der Waals surface area contributed by atoms with Gasteiger partial charge in [0.1, 0.15) is 12.1 Å². The number of rotatable bonds is 2. The predicted molar refractivity (Wildman–Crippen MR) is 210 cm³/mol. The first-order valence-corrected chi connectivity index (χ1v) is 18.0. The standard InChI is InChI=1S/C44H22N4S2/c45-23-25-17-20-35(47-33-13-5-1-9-26(33)28-18-21-38-40(43(28)47)30-11-3-7-15-36(30)49-38)42(32(25)24-46)48-34-14-6-2-10-27(34)29-19-22-39-41(44(29)48)31-12-4-8-16-37(31)50-39/h1-22H. The van der Waals surface area contributed by atoms with Crippen molar-refractivity contribution in [1.29, 1.82) is 10.5 Å². The molecule has 0 fully saturated rings. The van der Waals surface area contributed by atoms with Gasteiger partial charge in [0.25, 0.3) is 0 Å². The second-order valence-corrected chi connectivity index (χ2v) is 14.8. The fraction of sp³-hybridized carbons (Fsp3) is 0. The smallest absolute Gasteiger partial charge is 0.103 e. The lowest BCUT2D eigenvalue weighted by Crippen LogP contribution is -2.07. The average Bonchev–Trinajstić information content (AvgIpc) is 3.91. The summed E-state index contributed by atoms with van der Waals surface area (Å²) in [6.45, 7) is 0. The number of fused-ring (bicyclic) bond motifs is 14. The van der Waals surface area contributed by atoms with E-state index in [-0.39, 0.29) is 0 Å². The Bertz CT molecular complexity index is 3360. The third kappa shape index (κ3) is 3.46. The second kappa shape index (κ2) is 10.0. The van der Waals surface area contributed by atoms with Crippen LogP contribution in [-0.4, -0.2) is 9.13 Å². The van der Waals surface area contributed by atoms with E-state index in [4.69, 9.17) is 0 Å². The molecule has 6 heteroatoms. The Balaban J connectivity index is 1.42. The van der Waals surface area contributed by atoms with Crippen LogP contribution in [0.2, 0.25) is 0 Å². The van der Waals surface area contributed by atoms with E-state index < -0.39 is 0 Å². The summed E-state index contributed by atoms with van der Waals surface area (Å²) < 4.78 is 9.46. The van der Waals surface area contributed by atoms with Crippen LogP contribution in [0.25, 0.3) is 95.3 Å². The van der Waals surface area contributed by atoms with Gasteiger partial charge in [0.15, 0.2) is 0 Å². The summed E-state index contributed by atoms with van der Waals surface area (Å²) in [5, 5.41) is 30.7. The highest BCUT2D eigenvalue weighted by atomic mass is 32.1. The minimum Gasteiger partial charge on any atom is -0.306 e. The van der Waals surface area contributed by atoms with Crippen molar-refractivity contribution in [2.24, 2.45) is 0 Å². The van der Waals surface area contributed by atoms with Gasteiger partial charge in [0, 0.05) is 61.9 Å². The van der Waals surface area contributed by atoms with Gasteiger partial charge in [-0.3, -0.25) is 0 Å². The maximum atomic E-state index is 11.0. The summed E-state index contributed by atoms with van der Waals surface area (Å²) in [6, 6.07) is 51.8. The molecule has 0 saturated heterocycles. The summed E-state index contributed by atoms with van der Waals surface area (Å²) in [6.07, 6.45) is 0. The van der Waals surface area contributed by atoms with E-state index in [0.717, 1.165) is 54.7 Å². The number of hydrogen-bond donors (Lipinski definition) is 0. The quantitative estimate of drug-likeness (QED) is 0.184. The van der Waals surface area contributed by atoms with Crippen LogP contribution in [0.5, 0.6) is 0 Å². The molecule has 4 aromatic heterocycles. The van der Waals surface area contributed by atoms with Crippen molar-refractivity contribution in [2.75, 3.05) is 0 Å². The molecular weight excluding hydrogens is 649 g/mol. The number of para-hydroxylation sites is 2. The van der Waals surface area contributed by atoms with Crippen molar-refractivity contribution in [2.45, 2.75) is 0 Å². The second-order valence-electron chi connectivity index (χ2n) is 12.7. The van der Waals surface area contributed by atoms with Crippen LogP contribution in [-0.2, 0) is 0 Å². The molecular formula is C44H22N4S2.